The van der Waals surface area contributed by atoms with Gasteiger partial charge in [0, 0.05) is 23.6 Å². The molecule has 0 aliphatic heterocycles. The van der Waals surface area contributed by atoms with Crippen molar-refractivity contribution in [1.82, 2.24) is 10.2 Å². The van der Waals surface area contributed by atoms with Crippen molar-refractivity contribution in [3.63, 3.8) is 0 Å². The number of halogens is 1. The van der Waals surface area contributed by atoms with Crippen LogP contribution in [0.25, 0.3) is 0 Å². The van der Waals surface area contributed by atoms with E-state index in [1.165, 1.54) is 24.9 Å². The van der Waals surface area contributed by atoms with Gasteiger partial charge in [-0.25, -0.2) is 0 Å². The van der Waals surface area contributed by atoms with Crippen LogP contribution in [0.15, 0.2) is 28.7 Å². The molecule has 0 spiro atoms. The van der Waals surface area contributed by atoms with Gasteiger partial charge >= 0.3 is 0 Å². The number of rotatable bonds is 5. The lowest BCUT2D eigenvalue weighted by molar-refractivity contribution is 0.207. The maximum Gasteiger partial charge on any atom is 0.0230 e. The molecule has 0 aromatic heterocycles. The van der Waals surface area contributed by atoms with Crippen LogP contribution in [-0.4, -0.2) is 31.6 Å². The fourth-order valence-electron chi connectivity index (χ4n) is 3.71. The molecule has 1 aromatic carbocycles. The first-order valence-electron chi connectivity index (χ1n) is 7.52. The molecule has 1 N–H and O–H groups in total. The van der Waals surface area contributed by atoms with Crippen molar-refractivity contribution in [1.29, 1.82) is 0 Å². The van der Waals surface area contributed by atoms with Gasteiger partial charge in [-0.05, 0) is 56.0 Å². The lowest BCUT2D eigenvalue weighted by Crippen LogP contribution is -2.43. The van der Waals surface area contributed by atoms with Gasteiger partial charge in [0.1, 0.15) is 0 Å². The van der Waals surface area contributed by atoms with Crippen LogP contribution in [0.5, 0.6) is 0 Å². The van der Waals surface area contributed by atoms with E-state index in [2.05, 4.69) is 78.4 Å². The highest BCUT2D eigenvalue weighted by Crippen LogP contribution is 2.41. The molecule has 1 aromatic rings. The molecular weight excluding hydrogens is 312 g/mol. The third-order valence-corrected chi connectivity index (χ3v) is 5.22. The van der Waals surface area contributed by atoms with Crippen LogP contribution in [0, 0.1) is 11.3 Å². The van der Waals surface area contributed by atoms with Gasteiger partial charge in [-0.3, -0.25) is 0 Å². The number of nitrogens with zero attached hydrogens (tertiary/aromatic N) is 1. The Morgan fingerprint density at radius 1 is 1.30 bits per heavy atom. The topological polar surface area (TPSA) is 15.3 Å². The normalized spacial score (nSPS) is 25.3. The highest BCUT2D eigenvalue weighted by Gasteiger charge is 2.40. The van der Waals surface area contributed by atoms with Gasteiger partial charge in [0.2, 0.25) is 0 Å². The van der Waals surface area contributed by atoms with E-state index in [9.17, 15) is 0 Å². The average Bonchev–Trinajstić information content (AvgIpc) is 2.66. The van der Waals surface area contributed by atoms with Gasteiger partial charge in [-0.1, -0.05) is 41.9 Å². The molecule has 2 unspecified atom stereocenters. The minimum Gasteiger partial charge on any atom is -0.316 e. The first-order chi connectivity index (χ1) is 9.42. The Balaban J connectivity index is 1.91. The number of hydrogen-bond acceptors (Lipinski definition) is 2. The molecule has 1 fully saturated rings. The predicted octanol–water partition coefficient (Wildman–Crippen LogP) is 3.91. The van der Waals surface area contributed by atoms with Gasteiger partial charge in [-0.15, -0.1) is 0 Å². The van der Waals surface area contributed by atoms with E-state index in [4.69, 9.17) is 0 Å². The fourth-order valence-corrected chi connectivity index (χ4v) is 3.97. The van der Waals surface area contributed by atoms with Crippen molar-refractivity contribution in [2.75, 3.05) is 20.6 Å². The predicted molar refractivity (Wildman–Crippen MR) is 89.8 cm³/mol. The van der Waals surface area contributed by atoms with Gasteiger partial charge < -0.3 is 10.2 Å². The van der Waals surface area contributed by atoms with E-state index < -0.39 is 0 Å². The van der Waals surface area contributed by atoms with Crippen LogP contribution < -0.4 is 5.32 Å². The molecule has 3 heteroatoms. The summed E-state index contributed by atoms with van der Waals surface area (Å²) in [4.78, 5) is 2.46. The number of benzene rings is 1. The largest absolute Gasteiger partial charge is 0.316 e. The summed E-state index contributed by atoms with van der Waals surface area (Å²) in [5, 5.41) is 3.55. The Bertz CT molecular complexity index is 427. The van der Waals surface area contributed by atoms with Crippen molar-refractivity contribution < 1.29 is 0 Å². The molecule has 2 nitrogen and oxygen atoms in total. The highest BCUT2D eigenvalue weighted by molar-refractivity contribution is 9.10. The van der Waals surface area contributed by atoms with Crippen LogP contribution in [-0.2, 0) is 6.54 Å². The SMILES string of the molecule is CNC1C(CN(C)Cc2ccc(Br)cc2)CCC1(C)C. The molecule has 1 aliphatic carbocycles. The monoisotopic (exact) mass is 338 g/mol. The zero-order valence-corrected chi connectivity index (χ0v) is 14.7. The van der Waals surface area contributed by atoms with Gasteiger partial charge in [-0.2, -0.15) is 0 Å². The van der Waals surface area contributed by atoms with Crippen molar-refractivity contribution in [3.05, 3.63) is 34.3 Å². The van der Waals surface area contributed by atoms with E-state index in [0.717, 1.165) is 16.9 Å². The molecule has 2 rings (SSSR count). The summed E-state index contributed by atoms with van der Waals surface area (Å²) in [6, 6.07) is 9.29. The van der Waals surface area contributed by atoms with Crippen LogP contribution in [0.4, 0.5) is 0 Å². The molecule has 2 atom stereocenters. The van der Waals surface area contributed by atoms with Crippen molar-refractivity contribution >= 4 is 15.9 Å². The summed E-state index contributed by atoms with van der Waals surface area (Å²) in [6.45, 7) is 6.98. The molecule has 0 heterocycles. The van der Waals surface area contributed by atoms with E-state index in [-0.39, 0.29) is 0 Å². The summed E-state index contributed by atoms with van der Waals surface area (Å²) in [7, 11) is 4.35. The zero-order valence-electron chi connectivity index (χ0n) is 13.1. The maximum absolute atomic E-state index is 3.55. The number of hydrogen-bond donors (Lipinski definition) is 1. The summed E-state index contributed by atoms with van der Waals surface area (Å²) in [5.74, 6) is 0.760. The minimum atomic E-state index is 0.428. The molecule has 1 aliphatic rings. The molecule has 1 saturated carbocycles. The molecule has 112 valence electrons. The average molecular weight is 339 g/mol. The van der Waals surface area contributed by atoms with Gasteiger partial charge in [0.05, 0.1) is 0 Å². The Hall–Kier alpha value is -0.380. The van der Waals surface area contributed by atoms with Gasteiger partial charge in [0.15, 0.2) is 0 Å². The third kappa shape index (κ3) is 3.84. The van der Waals surface area contributed by atoms with E-state index in [0.29, 0.717) is 11.5 Å². The second kappa shape index (κ2) is 6.59. The van der Waals surface area contributed by atoms with Gasteiger partial charge in [0.25, 0.3) is 0 Å². The summed E-state index contributed by atoms with van der Waals surface area (Å²) >= 11 is 3.49. The van der Waals surface area contributed by atoms with Crippen LogP contribution >= 0.6 is 15.9 Å². The van der Waals surface area contributed by atoms with Crippen molar-refractivity contribution in [3.8, 4) is 0 Å². The molecule has 20 heavy (non-hydrogen) atoms. The molecule has 0 radical (unpaired) electrons. The fraction of sp³-hybridized carbons (Fsp3) is 0.647. The van der Waals surface area contributed by atoms with Crippen molar-refractivity contribution in [2.24, 2.45) is 11.3 Å². The lowest BCUT2D eigenvalue weighted by Gasteiger charge is -2.32. The highest BCUT2D eigenvalue weighted by atomic mass is 79.9. The van der Waals surface area contributed by atoms with E-state index >= 15 is 0 Å². The summed E-state index contributed by atoms with van der Waals surface area (Å²) < 4.78 is 1.15. The minimum absolute atomic E-state index is 0.428. The Morgan fingerprint density at radius 2 is 1.95 bits per heavy atom. The maximum atomic E-state index is 3.55. The van der Waals surface area contributed by atoms with Crippen LogP contribution in [0.1, 0.15) is 32.3 Å². The van der Waals surface area contributed by atoms with E-state index in [1.54, 1.807) is 0 Å². The summed E-state index contributed by atoms with van der Waals surface area (Å²) in [5.41, 5.74) is 1.81. The zero-order chi connectivity index (χ0) is 14.8. The summed E-state index contributed by atoms with van der Waals surface area (Å²) in [6.07, 6.45) is 2.67. The Labute approximate surface area is 132 Å². The Kier molecular flexibility index (Phi) is 5.27. The quantitative estimate of drug-likeness (QED) is 0.875. The van der Waals surface area contributed by atoms with Crippen LogP contribution in [0.2, 0.25) is 0 Å². The second-order valence-corrected chi connectivity index (χ2v) is 7.79. The molecular formula is C17H27BrN2. The number of nitrogens with one attached hydrogen (secondary N) is 1. The third-order valence-electron chi connectivity index (χ3n) is 4.70. The van der Waals surface area contributed by atoms with Crippen LogP contribution in [0.3, 0.4) is 0 Å². The Morgan fingerprint density at radius 3 is 2.55 bits per heavy atom. The lowest BCUT2D eigenvalue weighted by atomic mass is 9.85. The smallest absolute Gasteiger partial charge is 0.0230 e. The first-order valence-corrected chi connectivity index (χ1v) is 8.32. The van der Waals surface area contributed by atoms with E-state index in [1.807, 2.05) is 0 Å². The standard InChI is InChI=1S/C17H27BrN2/c1-17(2)10-9-14(16(17)19-3)12-20(4)11-13-5-7-15(18)8-6-13/h5-8,14,16,19H,9-12H2,1-4H3. The first kappa shape index (κ1) is 16.0. The second-order valence-electron chi connectivity index (χ2n) is 6.88. The molecule has 0 saturated heterocycles. The van der Waals surface area contributed by atoms with Crippen molar-refractivity contribution in [2.45, 2.75) is 39.3 Å². The molecule has 0 amide bonds. The molecule has 0 bridgehead atoms.